The van der Waals surface area contributed by atoms with Gasteiger partial charge in [0.05, 0.1) is 17.4 Å². The Morgan fingerprint density at radius 2 is 2.29 bits per heavy atom. The van der Waals surface area contributed by atoms with Crippen LogP contribution in [0.2, 0.25) is 0 Å². The topological polar surface area (TPSA) is 80.6 Å². The molecule has 0 spiro atoms. The molecule has 3 aromatic rings. The first kappa shape index (κ1) is 13.3. The predicted octanol–water partition coefficient (Wildman–Crippen LogP) is 2.90. The summed E-state index contributed by atoms with van der Waals surface area (Å²) in [4.78, 5) is 12.4. The highest BCUT2D eigenvalue weighted by Crippen LogP contribution is 2.20. The van der Waals surface area contributed by atoms with Crippen molar-refractivity contribution < 1.29 is 18.1 Å². The number of halogens is 1. The van der Waals surface area contributed by atoms with Crippen molar-refractivity contribution in [2.75, 3.05) is 0 Å². The summed E-state index contributed by atoms with van der Waals surface area (Å²) in [6.07, 6.45) is 2.83. The van der Waals surface area contributed by atoms with E-state index in [0.29, 0.717) is 16.4 Å². The summed E-state index contributed by atoms with van der Waals surface area (Å²) in [7, 11) is 0. The number of rotatable bonds is 4. The van der Waals surface area contributed by atoms with Crippen LogP contribution in [0.1, 0.15) is 15.4 Å². The van der Waals surface area contributed by atoms with Gasteiger partial charge in [0.15, 0.2) is 16.6 Å². The van der Waals surface area contributed by atoms with E-state index < -0.39 is 5.91 Å². The fourth-order valence-electron chi connectivity index (χ4n) is 1.53. The second kappa shape index (κ2) is 5.71. The van der Waals surface area contributed by atoms with Gasteiger partial charge >= 0.3 is 0 Å². The van der Waals surface area contributed by atoms with Gasteiger partial charge in [0.2, 0.25) is 5.76 Å². The van der Waals surface area contributed by atoms with Crippen molar-refractivity contribution in [3.8, 4) is 11.5 Å². The summed E-state index contributed by atoms with van der Waals surface area (Å²) in [5.74, 6) is 0.276. The van der Waals surface area contributed by atoms with Gasteiger partial charge in [0.1, 0.15) is 0 Å². The summed E-state index contributed by atoms with van der Waals surface area (Å²) >= 11 is 0.924. The van der Waals surface area contributed by atoms with Crippen LogP contribution in [-0.4, -0.2) is 17.3 Å². The standard InChI is InChI=1S/C13H8FN3O3S/c14-12-4-3-8(21-12)7-15-16-13(18)9-6-11(20-17-9)10-2-1-5-19-10/h1-7H,(H,16,18). The molecular formula is C13H8FN3O3S. The Morgan fingerprint density at radius 3 is 3.00 bits per heavy atom. The smallest absolute Gasteiger partial charge is 0.293 e. The van der Waals surface area contributed by atoms with E-state index in [4.69, 9.17) is 8.94 Å². The number of carbonyl (C=O) groups is 1. The molecule has 3 rings (SSSR count). The first-order valence-corrected chi connectivity index (χ1v) is 6.63. The predicted molar refractivity (Wildman–Crippen MR) is 73.5 cm³/mol. The van der Waals surface area contributed by atoms with E-state index in [-0.39, 0.29) is 10.8 Å². The molecular weight excluding hydrogens is 297 g/mol. The highest BCUT2D eigenvalue weighted by Gasteiger charge is 2.14. The third-order valence-electron chi connectivity index (χ3n) is 2.46. The summed E-state index contributed by atoms with van der Waals surface area (Å²) in [5.41, 5.74) is 2.34. The first-order valence-electron chi connectivity index (χ1n) is 5.82. The third-order valence-corrected chi connectivity index (χ3v) is 3.27. The largest absolute Gasteiger partial charge is 0.461 e. The lowest BCUT2D eigenvalue weighted by molar-refractivity contribution is 0.0946. The monoisotopic (exact) mass is 305 g/mol. The molecule has 3 heterocycles. The Bertz CT molecular complexity index is 776. The zero-order valence-electron chi connectivity index (χ0n) is 10.4. The van der Waals surface area contributed by atoms with Gasteiger partial charge in [-0.05, 0) is 24.3 Å². The fourth-order valence-corrected chi connectivity index (χ4v) is 2.13. The normalized spacial score (nSPS) is 11.1. The average molecular weight is 305 g/mol. The SMILES string of the molecule is O=C(NN=Cc1ccc(F)s1)c1cc(-c2ccco2)on1. The number of carbonyl (C=O) groups excluding carboxylic acids is 1. The zero-order valence-corrected chi connectivity index (χ0v) is 11.3. The molecule has 0 aromatic carbocycles. The van der Waals surface area contributed by atoms with Crippen LogP contribution >= 0.6 is 11.3 Å². The first-order chi connectivity index (χ1) is 10.2. The molecule has 0 atom stereocenters. The summed E-state index contributed by atoms with van der Waals surface area (Å²) in [6, 6.07) is 7.70. The lowest BCUT2D eigenvalue weighted by atomic mass is 10.3. The average Bonchev–Trinajstić information content (AvgIpc) is 3.19. The molecule has 1 N–H and O–H groups in total. The van der Waals surface area contributed by atoms with Crippen LogP contribution in [0.15, 0.2) is 50.6 Å². The zero-order chi connectivity index (χ0) is 14.7. The van der Waals surface area contributed by atoms with Crippen LogP contribution in [-0.2, 0) is 0 Å². The van der Waals surface area contributed by atoms with Crippen molar-refractivity contribution in [1.82, 2.24) is 10.6 Å². The van der Waals surface area contributed by atoms with Crippen molar-refractivity contribution in [1.29, 1.82) is 0 Å². The van der Waals surface area contributed by atoms with E-state index in [0.717, 1.165) is 11.3 Å². The van der Waals surface area contributed by atoms with Crippen molar-refractivity contribution in [3.05, 3.63) is 52.3 Å². The summed E-state index contributed by atoms with van der Waals surface area (Å²) < 4.78 is 22.9. The number of amides is 1. The van der Waals surface area contributed by atoms with Gasteiger partial charge in [-0.3, -0.25) is 4.79 Å². The Balaban J connectivity index is 1.64. The Labute approximate surface area is 121 Å². The van der Waals surface area contributed by atoms with Crippen LogP contribution in [0.3, 0.4) is 0 Å². The Kier molecular flexibility index (Phi) is 3.61. The van der Waals surface area contributed by atoms with E-state index in [9.17, 15) is 9.18 Å². The van der Waals surface area contributed by atoms with Crippen molar-refractivity contribution in [2.24, 2.45) is 5.10 Å². The minimum Gasteiger partial charge on any atom is -0.461 e. The van der Waals surface area contributed by atoms with E-state index in [1.807, 2.05) is 0 Å². The molecule has 0 aliphatic heterocycles. The van der Waals surface area contributed by atoms with Crippen molar-refractivity contribution >= 4 is 23.5 Å². The molecule has 6 nitrogen and oxygen atoms in total. The molecule has 0 aliphatic carbocycles. The highest BCUT2D eigenvalue weighted by atomic mass is 32.1. The second-order valence-electron chi connectivity index (χ2n) is 3.89. The third kappa shape index (κ3) is 3.06. The lowest BCUT2D eigenvalue weighted by Crippen LogP contribution is -2.17. The number of nitrogens with one attached hydrogen (secondary N) is 1. The van der Waals surface area contributed by atoms with Crippen LogP contribution in [0.5, 0.6) is 0 Å². The molecule has 0 unspecified atom stereocenters. The molecule has 0 saturated carbocycles. The van der Waals surface area contributed by atoms with Gasteiger partial charge < -0.3 is 8.94 Å². The van der Waals surface area contributed by atoms with E-state index >= 15 is 0 Å². The quantitative estimate of drug-likeness (QED) is 0.593. The number of nitrogens with zero attached hydrogens (tertiary/aromatic N) is 2. The molecule has 21 heavy (non-hydrogen) atoms. The summed E-state index contributed by atoms with van der Waals surface area (Å²) in [6.45, 7) is 0. The van der Waals surface area contributed by atoms with Crippen LogP contribution < -0.4 is 5.43 Å². The Hall–Kier alpha value is -2.74. The molecule has 8 heteroatoms. The molecule has 1 amide bonds. The maximum absolute atomic E-state index is 12.8. The van der Waals surface area contributed by atoms with Gasteiger partial charge in [-0.15, -0.1) is 11.3 Å². The van der Waals surface area contributed by atoms with Gasteiger partial charge in [-0.2, -0.15) is 9.49 Å². The number of hydrogen-bond acceptors (Lipinski definition) is 6. The maximum atomic E-state index is 12.8. The second-order valence-corrected chi connectivity index (χ2v) is 4.96. The van der Waals surface area contributed by atoms with E-state index in [2.05, 4.69) is 15.7 Å². The van der Waals surface area contributed by atoms with Gasteiger partial charge in [0.25, 0.3) is 5.91 Å². The number of furan rings is 1. The maximum Gasteiger partial charge on any atom is 0.293 e. The molecule has 0 saturated heterocycles. The van der Waals surface area contributed by atoms with Gasteiger partial charge in [0, 0.05) is 6.07 Å². The number of hydrogen-bond donors (Lipinski definition) is 1. The van der Waals surface area contributed by atoms with E-state index in [1.54, 1.807) is 18.2 Å². The minimum absolute atomic E-state index is 0.0657. The number of aromatic nitrogens is 1. The van der Waals surface area contributed by atoms with Crippen molar-refractivity contribution in [3.63, 3.8) is 0 Å². The molecule has 0 bridgehead atoms. The summed E-state index contributed by atoms with van der Waals surface area (Å²) in [5, 5.41) is 7.02. The fraction of sp³-hybridized carbons (Fsp3) is 0. The molecule has 0 fully saturated rings. The molecule has 0 aliphatic rings. The van der Waals surface area contributed by atoms with Crippen LogP contribution in [0.25, 0.3) is 11.5 Å². The molecule has 3 aromatic heterocycles. The number of hydrazone groups is 1. The lowest BCUT2D eigenvalue weighted by Gasteiger charge is -1.92. The Morgan fingerprint density at radius 1 is 1.38 bits per heavy atom. The van der Waals surface area contributed by atoms with E-state index in [1.165, 1.54) is 24.6 Å². The minimum atomic E-state index is -0.537. The van der Waals surface area contributed by atoms with Gasteiger partial charge in [-0.1, -0.05) is 5.16 Å². The van der Waals surface area contributed by atoms with Crippen LogP contribution in [0.4, 0.5) is 4.39 Å². The van der Waals surface area contributed by atoms with Gasteiger partial charge in [-0.25, -0.2) is 5.43 Å². The highest BCUT2D eigenvalue weighted by molar-refractivity contribution is 7.12. The van der Waals surface area contributed by atoms with Crippen molar-refractivity contribution in [2.45, 2.75) is 0 Å². The molecule has 0 radical (unpaired) electrons. The van der Waals surface area contributed by atoms with Crippen LogP contribution in [0, 0.1) is 5.13 Å². The number of thiophene rings is 1. The molecule has 106 valence electrons.